The number of hydrogen-bond donors (Lipinski definition) is 0. The molecule has 6 heteroatoms. The van der Waals surface area contributed by atoms with E-state index in [1.54, 1.807) is 6.92 Å². The molecule has 1 aliphatic carbocycles. The molecule has 0 saturated heterocycles. The minimum absolute atomic E-state index is 0.110. The maximum absolute atomic E-state index is 13.8. The number of hydrogen-bond acceptors (Lipinski definition) is 2. The molecule has 124 valence electrons. The topological polar surface area (TPSA) is 34.9 Å². The molecule has 1 aromatic carbocycles. The molecule has 23 heavy (non-hydrogen) atoms. The van der Waals surface area contributed by atoms with Crippen molar-refractivity contribution < 1.29 is 13.0 Å². The van der Waals surface area contributed by atoms with E-state index in [1.165, 1.54) is 31.0 Å². The van der Waals surface area contributed by atoms with Gasteiger partial charge < -0.3 is 0 Å². The smallest absolute Gasteiger partial charge is 0.130 e. The van der Waals surface area contributed by atoms with E-state index in [0.717, 1.165) is 12.8 Å². The lowest BCUT2D eigenvalue weighted by atomic mass is 10.1. The Bertz CT molecular complexity index is 690. The summed E-state index contributed by atoms with van der Waals surface area (Å²) in [5.74, 6) is -1.10. The van der Waals surface area contributed by atoms with E-state index >= 15 is 0 Å². The molecular formula is C17H20F2N2OS. The molecule has 0 N–H and O–H groups in total. The highest BCUT2D eigenvalue weighted by Gasteiger charge is 2.23. The van der Waals surface area contributed by atoms with Crippen molar-refractivity contribution in [3.05, 3.63) is 53.4 Å². The summed E-state index contributed by atoms with van der Waals surface area (Å²) in [5, 5.41) is 3.77. The first-order chi connectivity index (χ1) is 11.1. The Kier molecular flexibility index (Phi) is 4.90. The number of halogens is 2. The lowest BCUT2D eigenvalue weighted by molar-refractivity contribution is 0.464. The van der Waals surface area contributed by atoms with Crippen molar-refractivity contribution in [2.75, 3.05) is 0 Å². The van der Waals surface area contributed by atoms with Crippen LogP contribution in [0.3, 0.4) is 0 Å². The highest BCUT2D eigenvalue weighted by Crippen LogP contribution is 2.30. The minimum atomic E-state index is -1.43. The van der Waals surface area contributed by atoms with Gasteiger partial charge in [-0.3, -0.25) is 8.89 Å². The average molecular weight is 338 g/mol. The molecule has 3 rings (SSSR count). The van der Waals surface area contributed by atoms with Gasteiger partial charge in [-0.05, 0) is 38.0 Å². The molecule has 0 bridgehead atoms. The van der Waals surface area contributed by atoms with Crippen LogP contribution in [-0.4, -0.2) is 14.0 Å². The minimum Gasteiger partial charge on any atom is -0.269 e. The normalized spacial score (nSPS) is 18.2. The van der Waals surface area contributed by atoms with Crippen LogP contribution in [0.15, 0.2) is 30.5 Å². The van der Waals surface area contributed by atoms with Crippen LogP contribution in [0.5, 0.6) is 0 Å². The Morgan fingerprint density at radius 3 is 2.57 bits per heavy atom. The highest BCUT2D eigenvalue weighted by atomic mass is 32.2. The summed E-state index contributed by atoms with van der Waals surface area (Å²) in [4.78, 5) is 0. The second-order valence-electron chi connectivity index (χ2n) is 6.03. The van der Waals surface area contributed by atoms with Crippen LogP contribution in [-0.2, 0) is 16.6 Å². The summed E-state index contributed by atoms with van der Waals surface area (Å²) >= 11 is 0. The van der Waals surface area contributed by atoms with Crippen molar-refractivity contribution in [2.24, 2.45) is 0 Å². The lowest BCUT2D eigenvalue weighted by Gasteiger charge is -2.13. The second-order valence-corrected chi connectivity index (χ2v) is 7.79. The SMILES string of the molecule is CC(c1c(F)cccc1F)S(=O)Cc1ccn(C2CCCC2)n1. The predicted octanol–water partition coefficient (Wildman–Crippen LogP) is 4.29. The fourth-order valence-corrected chi connectivity index (χ4v) is 4.31. The molecule has 2 atom stereocenters. The van der Waals surface area contributed by atoms with Crippen molar-refractivity contribution in [1.82, 2.24) is 9.78 Å². The fourth-order valence-electron chi connectivity index (χ4n) is 3.13. The first-order valence-electron chi connectivity index (χ1n) is 7.91. The second kappa shape index (κ2) is 6.91. The van der Waals surface area contributed by atoms with E-state index < -0.39 is 27.7 Å². The van der Waals surface area contributed by atoms with E-state index in [0.29, 0.717) is 11.7 Å². The van der Waals surface area contributed by atoms with Crippen LogP contribution in [0.4, 0.5) is 8.78 Å². The predicted molar refractivity (Wildman–Crippen MR) is 86.4 cm³/mol. The van der Waals surface area contributed by atoms with Crippen LogP contribution in [0, 0.1) is 11.6 Å². The van der Waals surface area contributed by atoms with Gasteiger partial charge in [-0.15, -0.1) is 0 Å². The van der Waals surface area contributed by atoms with Gasteiger partial charge in [0.2, 0.25) is 0 Å². The summed E-state index contributed by atoms with van der Waals surface area (Å²) < 4.78 is 42.0. The van der Waals surface area contributed by atoms with Crippen LogP contribution in [0.25, 0.3) is 0 Å². The molecule has 1 aromatic heterocycles. The molecule has 1 aliphatic rings. The molecule has 1 fully saturated rings. The van der Waals surface area contributed by atoms with Crippen molar-refractivity contribution in [3.8, 4) is 0 Å². The number of aromatic nitrogens is 2. The van der Waals surface area contributed by atoms with Gasteiger partial charge in [0, 0.05) is 22.6 Å². The monoisotopic (exact) mass is 338 g/mol. The molecule has 0 aliphatic heterocycles. The van der Waals surface area contributed by atoms with Gasteiger partial charge >= 0.3 is 0 Å². The molecule has 2 aromatic rings. The summed E-state index contributed by atoms with van der Waals surface area (Å²) in [7, 11) is -1.43. The highest BCUT2D eigenvalue weighted by molar-refractivity contribution is 7.84. The maximum atomic E-state index is 13.8. The third-order valence-electron chi connectivity index (χ3n) is 4.45. The molecule has 3 nitrogen and oxygen atoms in total. The molecule has 0 spiro atoms. The molecule has 2 unspecified atom stereocenters. The van der Waals surface area contributed by atoms with E-state index in [2.05, 4.69) is 5.10 Å². The third-order valence-corrected chi connectivity index (χ3v) is 6.06. The number of rotatable bonds is 5. The van der Waals surface area contributed by atoms with E-state index in [-0.39, 0.29) is 11.3 Å². The Balaban J connectivity index is 1.71. The zero-order valence-electron chi connectivity index (χ0n) is 13.0. The Hall–Kier alpha value is -1.56. The van der Waals surface area contributed by atoms with Crippen molar-refractivity contribution in [2.45, 2.75) is 49.7 Å². The first kappa shape index (κ1) is 16.3. The van der Waals surface area contributed by atoms with Crippen LogP contribution in [0.2, 0.25) is 0 Å². The first-order valence-corrected chi connectivity index (χ1v) is 9.29. The Morgan fingerprint density at radius 2 is 1.91 bits per heavy atom. The Morgan fingerprint density at radius 1 is 1.26 bits per heavy atom. The average Bonchev–Trinajstić information content (AvgIpc) is 3.17. The van der Waals surface area contributed by atoms with Gasteiger partial charge in [-0.2, -0.15) is 5.10 Å². The van der Waals surface area contributed by atoms with Gasteiger partial charge in [0.1, 0.15) is 11.6 Å². The van der Waals surface area contributed by atoms with Crippen molar-refractivity contribution in [3.63, 3.8) is 0 Å². The number of nitrogens with zero attached hydrogens (tertiary/aromatic N) is 2. The van der Waals surface area contributed by atoms with Gasteiger partial charge in [0.05, 0.1) is 22.7 Å². The van der Waals surface area contributed by atoms with Gasteiger partial charge in [-0.25, -0.2) is 8.78 Å². The molecule has 1 heterocycles. The number of benzene rings is 1. The van der Waals surface area contributed by atoms with Crippen molar-refractivity contribution >= 4 is 10.8 Å². The van der Waals surface area contributed by atoms with E-state index in [9.17, 15) is 13.0 Å². The molecule has 0 amide bonds. The zero-order valence-corrected chi connectivity index (χ0v) is 13.9. The summed E-state index contributed by atoms with van der Waals surface area (Å²) in [6, 6.07) is 5.98. The fraction of sp³-hybridized carbons (Fsp3) is 0.471. The zero-order chi connectivity index (χ0) is 16.4. The maximum Gasteiger partial charge on any atom is 0.130 e. The summed E-state index contributed by atoms with van der Waals surface area (Å²) in [5.41, 5.74) is 0.597. The Labute approximate surface area is 137 Å². The van der Waals surface area contributed by atoms with Crippen LogP contribution >= 0.6 is 0 Å². The van der Waals surface area contributed by atoms with Gasteiger partial charge in [0.15, 0.2) is 0 Å². The van der Waals surface area contributed by atoms with Gasteiger partial charge in [0.25, 0.3) is 0 Å². The largest absolute Gasteiger partial charge is 0.269 e. The summed E-state index contributed by atoms with van der Waals surface area (Å²) in [6.45, 7) is 1.59. The molecule has 0 radical (unpaired) electrons. The van der Waals surface area contributed by atoms with E-state index in [1.807, 2.05) is 16.9 Å². The summed E-state index contributed by atoms with van der Waals surface area (Å²) in [6.07, 6.45) is 6.60. The molecule has 1 saturated carbocycles. The quantitative estimate of drug-likeness (QED) is 0.815. The van der Waals surface area contributed by atoms with Gasteiger partial charge in [-0.1, -0.05) is 18.9 Å². The third kappa shape index (κ3) is 3.52. The van der Waals surface area contributed by atoms with E-state index in [4.69, 9.17) is 0 Å². The lowest BCUT2D eigenvalue weighted by Crippen LogP contribution is -2.11. The van der Waals surface area contributed by atoms with Crippen LogP contribution < -0.4 is 0 Å². The van der Waals surface area contributed by atoms with Crippen LogP contribution in [0.1, 0.15) is 55.2 Å². The molecular weight excluding hydrogens is 318 g/mol. The standard InChI is InChI=1S/C17H20F2N2OS/c1-12(17-15(18)7-4-8-16(17)19)23(22)11-13-9-10-21(20-13)14-5-2-3-6-14/h4,7-10,12,14H,2-3,5-6,11H2,1H3. The van der Waals surface area contributed by atoms with Crippen molar-refractivity contribution in [1.29, 1.82) is 0 Å².